The van der Waals surface area contributed by atoms with Crippen molar-refractivity contribution in [2.24, 2.45) is 0 Å². The van der Waals surface area contributed by atoms with E-state index in [1.165, 1.54) is 24.3 Å². The first-order chi connectivity index (χ1) is 14.9. The van der Waals surface area contributed by atoms with Crippen LogP contribution in [0.2, 0.25) is 0 Å². The number of nitrogens with one attached hydrogen (secondary N) is 2. The summed E-state index contributed by atoms with van der Waals surface area (Å²) in [6, 6.07) is 23.2. The smallest absolute Gasteiger partial charge is 0.261 e. The molecule has 1 amide bonds. The van der Waals surface area contributed by atoms with Gasteiger partial charge in [0, 0.05) is 31.4 Å². The third-order valence-corrected chi connectivity index (χ3v) is 6.35. The van der Waals surface area contributed by atoms with Crippen LogP contribution in [0.25, 0.3) is 0 Å². The standard InChI is InChI=1S/C24H27N3O3S/c1-19-9-6-7-12-23(19)26-31(29,30)22-15-13-20(14-16-22)24(28)25-17-8-18-27(2)21-10-4-3-5-11-21/h3-7,9-16,26H,8,17-18H2,1-2H3,(H,25,28). The number of anilines is 2. The lowest BCUT2D eigenvalue weighted by Crippen LogP contribution is -2.28. The van der Waals surface area contributed by atoms with Gasteiger partial charge in [0.2, 0.25) is 0 Å². The number of hydrogen-bond donors (Lipinski definition) is 2. The van der Waals surface area contributed by atoms with Crippen molar-refractivity contribution in [1.29, 1.82) is 0 Å². The number of nitrogens with zero attached hydrogens (tertiary/aromatic N) is 1. The first-order valence-electron chi connectivity index (χ1n) is 10.1. The number of hydrogen-bond acceptors (Lipinski definition) is 4. The minimum Gasteiger partial charge on any atom is -0.375 e. The van der Waals surface area contributed by atoms with Gasteiger partial charge in [-0.15, -0.1) is 0 Å². The summed E-state index contributed by atoms with van der Waals surface area (Å²) < 4.78 is 27.8. The predicted molar refractivity (Wildman–Crippen MR) is 125 cm³/mol. The average Bonchev–Trinajstić information content (AvgIpc) is 2.78. The van der Waals surface area contributed by atoms with Gasteiger partial charge in [-0.2, -0.15) is 0 Å². The van der Waals surface area contributed by atoms with Crippen molar-refractivity contribution >= 4 is 27.3 Å². The zero-order valence-corrected chi connectivity index (χ0v) is 18.5. The Labute approximate surface area is 184 Å². The van der Waals surface area contributed by atoms with Crippen LogP contribution in [0.15, 0.2) is 83.8 Å². The van der Waals surface area contributed by atoms with E-state index >= 15 is 0 Å². The molecule has 162 valence electrons. The molecule has 6 nitrogen and oxygen atoms in total. The Bertz CT molecular complexity index is 1110. The zero-order valence-electron chi connectivity index (χ0n) is 17.7. The SMILES string of the molecule is Cc1ccccc1NS(=O)(=O)c1ccc(C(=O)NCCCN(C)c2ccccc2)cc1. The monoisotopic (exact) mass is 437 g/mol. The molecule has 0 bridgehead atoms. The van der Waals surface area contributed by atoms with Gasteiger partial charge in [-0.3, -0.25) is 9.52 Å². The molecule has 0 atom stereocenters. The van der Waals surface area contributed by atoms with Gasteiger partial charge in [0.25, 0.3) is 15.9 Å². The van der Waals surface area contributed by atoms with E-state index in [2.05, 4.69) is 14.9 Å². The fourth-order valence-corrected chi connectivity index (χ4v) is 4.24. The van der Waals surface area contributed by atoms with Crippen molar-refractivity contribution in [3.05, 3.63) is 90.0 Å². The highest BCUT2D eigenvalue weighted by atomic mass is 32.2. The third kappa shape index (κ3) is 6.08. The van der Waals surface area contributed by atoms with Crippen molar-refractivity contribution in [1.82, 2.24) is 5.32 Å². The summed E-state index contributed by atoms with van der Waals surface area (Å²) >= 11 is 0. The fraction of sp³-hybridized carbons (Fsp3) is 0.208. The molecule has 0 aliphatic rings. The second-order valence-corrected chi connectivity index (χ2v) is 8.99. The van der Waals surface area contributed by atoms with Gasteiger partial charge in [-0.25, -0.2) is 8.42 Å². The second-order valence-electron chi connectivity index (χ2n) is 7.31. The molecule has 0 unspecified atom stereocenters. The maximum Gasteiger partial charge on any atom is 0.261 e. The van der Waals surface area contributed by atoms with E-state index in [9.17, 15) is 13.2 Å². The Morgan fingerprint density at radius 3 is 2.23 bits per heavy atom. The van der Waals surface area contributed by atoms with E-state index in [0.717, 1.165) is 24.2 Å². The minimum absolute atomic E-state index is 0.108. The molecule has 0 fully saturated rings. The molecule has 0 aromatic heterocycles. The number of aryl methyl sites for hydroxylation is 1. The third-order valence-electron chi connectivity index (χ3n) is 4.97. The average molecular weight is 438 g/mol. The van der Waals surface area contributed by atoms with Crippen molar-refractivity contribution in [3.63, 3.8) is 0 Å². The number of sulfonamides is 1. The van der Waals surface area contributed by atoms with E-state index in [0.29, 0.717) is 17.8 Å². The molecular weight excluding hydrogens is 410 g/mol. The molecule has 0 aliphatic heterocycles. The lowest BCUT2D eigenvalue weighted by molar-refractivity contribution is 0.0953. The second kappa shape index (κ2) is 10.1. The normalized spacial score (nSPS) is 11.0. The lowest BCUT2D eigenvalue weighted by Gasteiger charge is -2.19. The van der Waals surface area contributed by atoms with Crippen molar-refractivity contribution in [2.75, 3.05) is 29.8 Å². The van der Waals surface area contributed by atoms with E-state index in [4.69, 9.17) is 0 Å². The number of rotatable bonds is 9. The minimum atomic E-state index is -3.72. The molecule has 0 spiro atoms. The summed E-state index contributed by atoms with van der Waals surface area (Å²) in [6.45, 7) is 3.18. The van der Waals surface area contributed by atoms with Crippen molar-refractivity contribution in [2.45, 2.75) is 18.2 Å². The molecule has 0 aliphatic carbocycles. The number of amides is 1. The van der Waals surface area contributed by atoms with Gasteiger partial charge in [0.1, 0.15) is 0 Å². The van der Waals surface area contributed by atoms with E-state index in [-0.39, 0.29) is 10.8 Å². The molecule has 3 aromatic rings. The Balaban J connectivity index is 1.52. The Hall–Kier alpha value is -3.32. The molecule has 7 heteroatoms. The van der Waals surface area contributed by atoms with Crippen LogP contribution in [-0.4, -0.2) is 34.5 Å². The number of carbonyl (C=O) groups is 1. The first kappa shape index (κ1) is 22.4. The number of para-hydroxylation sites is 2. The topological polar surface area (TPSA) is 78.5 Å². The van der Waals surface area contributed by atoms with Crippen LogP contribution in [0.5, 0.6) is 0 Å². The van der Waals surface area contributed by atoms with E-state index < -0.39 is 10.0 Å². The zero-order chi connectivity index (χ0) is 22.3. The summed E-state index contributed by atoms with van der Waals surface area (Å²) in [5.41, 5.74) is 2.92. The molecule has 2 N–H and O–H groups in total. The molecular formula is C24H27N3O3S. The number of carbonyl (C=O) groups excluding carboxylic acids is 1. The molecule has 0 heterocycles. The van der Waals surface area contributed by atoms with Crippen LogP contribution >= 0.6 is 0 Å². The van der Waals surface area contributed by atoms with Crippen LogP contribution in [0.1, 0.15) is 22.3 Å². The summed E-state index contributed by atoms with van der Waals surface area (Å²) in [6.07, 6.45) is 0.796. The van der Waals surface area contributed by atoms with Crippen LogP contribution in [0.3, 0.4) is 0 Å². The largest absolute Gasteiger partial charge is 0.375 e. The number of benzene rings is 3. The molecule has 0 saturated heterocycles. The van der Waals surface area contributed by atoms with Gasteiger partial charge >= 0.3 is 0 Å². The van der Waals surface area contributed by atoms with Crippen LogP contribution < -0.4 is 14.9 Å². The highest BCUT2D eigenvalue weighted by molar-refractivity contribution is 7.92. The van der Waals surface area contributed by atoms with E-state index in [1.807, 2.05) is 56.4 Å². The Morgan fingerprint density at radius 1 is 0.903 bits per heavy atom. The molecule has 0 radical (unpaired) electrons. The van der Waals surface area contributed by atoms with Gasteiger partial charge < -0.3 is 10.2 Å². The van der Waals surface area contributed by atoms with Gasteiger partial charge in [0.15, 0.2) is 0 Å². The maximum absolute atomic E-state index is 12.6. The first-order valence-corrected chi connectivity index (χ1v) is 11.6. The Kier molecular flexibility index (Phi) is 7.31. The molecule has 3 aromatic carbocycles. The van der Waals surface area contributed by atoms with Crippen LogP contribution in [-0.2, 0) is 10.0 Å². The molecule has 31 heavy (non-hydrogen) atoms. The van der Waals surface area contributed by atoms with E-state index in [1.54, 1.807) is 12.1 Å². The summed E-state index contributed by atoms with van der Waals surface area (Å²) in [5.74, 6) is -0.224. The predicted octanol–water partition coefficient (Wildman–Crippen LogP) is 4.05. The highest BCUT2D eigenvalue weighted by Gasteiger charge is 2.16. The fourth-order valence-electron chi connectivity index (χ4n) is 3.11. The summed E-state index contributed by atoms with van der Waals surface area (Å²) in [5, 5.41) is 2.88. The summed E-state index contributed by atoms with van der Waals surface area (Å²) in [4.78, 5) is 14.6. The van der Waals surface area contributed by atoms with Gasteiger partial charge in [-0.05, 0) is 61.4 Å². The van der Waals surface area contributed by atoms with Crippen LogP contribution in [0, 0.1) is 6.92 Å². The summed E-state index contributed by atoms with van der Waals surface area (Å²) in [7, 11) is -1.71. The lowest BCUT2D eigenvalue weighted by atomic mass is 10.2. The van der Waals surface area contributed by atoms with Gasteiger partial charge in [0.05, 0.1) is 10.6 Å². The van der Waals surface area contributed by atoms with Crippen molar-refractivity contribution in [3.8, 4) is 0 Å². The molecule has 0 saturated carbocycles. The maximum atomic E-state index is 12.6. The van der Waals surface area contributed by atoms with Crippen molar-refractivity contribution < 1.29 is 13.2 Å². The Morgan fingerprint density at radius 2 is 1.55 bits per heavy atom. The quantitative estimate of drug-likeness (QED) is 0.495. The molecule has 3 rings (SSSR count). The van der Waals surface area contributed by atoms with Crippen LogP contribution in [0.4, 0.5) is 11.4 Å². The van der Waals surface area contributed by atoms with Gasteiger partial charge in [-0.1, -0.05) is 36.4 Å². The highest BCUT2D eigenvalue weighted by Crippen LogP contribution is 2.19.